The molecular weight excluding hydrogens is 343 g/mol. The second-order valence-electron chi connectivity index (χ2n) is 6.58. The van der Waals surface area contributed by atoms with E-state index < -0.39 is 0 Å². The molecule has 1 saturated heterocycles. The van der Waals surface area contributed by atoms with Gasteiger partial charge in [-0.2, -0.15) is 5.10 Å². The third kappa shape index (κ3) is 2.71. The van der Waals surface area contributed by atoms with Crippen LogP contribution in [0.25, 0.3) is 5.69 Å². The van der Waals surface area contributed by atoms with Crippen LogP contribution in [-0.4, -0.2) is 40.9 Å². The molecule has 2 aromatic rings. The van der Waals surface area contributed by atoms with Gasteiger partial charge >= 0.3 is 0 Å². The Hall–Kier alpha value is -1.23. The van der Waals surface area contributed by atoms with Gasteiger partial charge in [-0.1, -0.05) is 36.2 Å². The SMILES string of the molecule is CCN1CCC(c2nn(-c3cccc(Cl)c3Cl)c3c2CCN3)CC1. The Labute approximate surface area is 152 Å². The van der Waals surface area contributed by atoms with E-state index in [2.05, 4.69) is 17.1 Å². The van der Waals surface area contributed by atoms with Crippen LogP contribution in [-0.2, 0) is 6.42 Å². The lowest BCUT2D eigenvalue weighted by Gasteiger charge is -2.30. The van der Waals surface area contributed by atoms with Crippen molar-refractivity contribution in [3.05, 3.63) is 39.5 Å². The van der Waals surface area contributed by atoms with Gasteiger partial charge < -0.3 is 10.2 Å². The number of hydrogen-bond donors (Lipinski definition) is 1. The van der Waals surface area contributed by atoms with Crippen LogP contribution in [0.15, 0.2) is 18.2 Å². The van der Waals surface area contributed by atoms with E-state index >= 15 is 0 Å². The summed E-state index contributed by atoms with van der Waals surface area (Å²) in [5, 5.41) is 9.58. The molecule has 24 heavy (non-hydrogen) atoms. The molecule has 0 radical (unpaired) electrons. The Morgan fingerprint density at radius 1 is 1.25 bits per heavy atom. The average molecular weight is 365 g/mol. The average Bonchev–Trinajstić information content (AvgIpc) is 3.20. The first-order valence-electron chi connectivity index (χ1n) is 8.71. The first kappa shape index (κ1) is 16.2. The molecule has 1 aromatic heterocycles. The van der Waals surface area contributed by atoms with Crippen molar-refractivity contribution in [2.75, 3.05) is 31.5 Å². The molecule has 0 amide bonds. The summed E-state index contributed by atoms with van der Waals surface area (Å²) in [6, 6.07) is 5.71. The quantitative estimate of drug-likeness (QED) is 0.878. The Morgan fingerprint density at radius 3 is 2.79 bits per heavy atom. The highest BCUT2D eigenvalue weighted by atomic mass is 35.5. The van der Waals surface area contributed by atoms with Gasteiger partial charge in [-0.25, -0.2) is 4.68 Å². The van der Waals surface area contributed by atoms with Crippen molar-refractivity contribution in [2.24, 2.45) is 0 Å². The largest absolute Gasteiger partial charge is 0.369 e. The maximum absolute atomic E-state index is 6.44. The topological polar surface area (TPSA) is 33.1 Å². The Bertz CT molecular complexity index is 748. The van der Waals surface area contributed by atoms with Crippen molar-refractivity contribution < 1.29 is 0 Å². The lowest BCUT2D eigenvalue weighted by molar-refractivity contribution is 0.220. The number of piperidine rings is 1. The van der Waals surface area contributed by atoms with E-state index in [4.69, 9.17) is 28.3 Å². The highest BCUT2D eigenvalue weighted by Crippen LogP contribution is 2.38. The van der Waals surface area contributed by atoms with E-state index in [-0.39, 0.29) is 0 Å². The summed E-state index contributed by atoms with van der Waals surface area (Å²) in [6.45, 7) is 6.66. The number of benzene rings is 1. The zero-order chi connectivity index (χ0) is 16.7. The molecule has 0 atom stereocenters. The van der Waals surface area contributed by atoms with Crippen LogP contribution < -0.4 is 5.32 Å². The fraction of sp³-hybridized carbons (Fsp3) is 0.500. The Balaban J connectivity index is 1.72. The monoisotopic (exact) mass is 364 g/mol. The number of aromatic nitrogens is 2. The van der Waals surface area contributed by atoms with Crippen molar-refractivity contribution in [1.82, 2.24) is 14.7 Å². The van der Waals surface area contributed by atoms with Gasteiger partial charge in [-0.15, -0.1) is 0 Å². The maximum atomic E-state index is 6.44. The summed E-state index contributed by atoms with van der Waals surface area (Å²) >= 11 is 12.6. The lowest BCUT2D eigenvalue weighted by atomic mass is 9.91. The van der Waals surface area contributed by atoms with E-state index in [1.165, 1.54) is 24.1 Å². The number of fused-ring (bicyclic) bond motifs is 1. The fourth-order valence-corrected chi connectivity index (χ4v) is 4.26. The van der Waals surface area contributed by atoms with Crippen LogP contribution in [0.2, 0.25) is 10.0 Å². The number of halogens is 2. The highest BCUT2D eigenvalue weighted by molar-refractivity contribution is 6.43. The van der Waals surface area contributed by atoms with Gasteiger partial charge in [0.05, 0.1) is 21.4 Å². The molecule has 0 saturated carbocycles. The molecule has 4 nitrogen and oxygen atoms in total. The van der Waals surface area contributed by atoms with Crippen molar-refractivity contribution in [3.63, 3.8) is 0 Å². The van der Waals surface area contributed by atoms with Gasteiger partial charge in [0.25, 0.3) is 0 Å². The molecule has 0 bridgehead atoms. The first-order chi connectivity index (χ1) is 11.7. The normalized spacial score (nSPS) is 18.6. The van der Waals surface area contributed by atoms with E-state index in [0.717, 1.165) is 44.1 Å². The number of hydrogen-bond acceptors (Lipinski definition) is 3. The van der Waals surface area contributed by atoms with E-state index in [9.17, 15) is 0 Å². The van der Waals surface area contributed by atoms with Gasteiger partial charge in [-0.05, 0) is 51.0 Å². The zero-order valence-corrected chi connectivity index (χ0v) is 15.4. The van der Waals surface area contributed by atoms with Crippen LogP contribution in [0.3, 0.4) is 0 Å². The van der Waals surface area contributed by atoms with Gasteiger partial charge in [0.1, 0.15) is 5.82 Å². The molecule has 0 aliphatic carbocycles. The van der Waals surface area contributed by atoms with Crippen LogP contribution in [0.4, 0.5) is 5.82 Å². The van der Waals surface area contributed by atoms with Crippen molar-refractivity contribution in [1.29, 1.82) is 0 Å². The van der Waals surface area contributed by atoms with E-state index in [0.29, 0.717) is 16.0 Å². The molecule has 1 fully saturated rings. The van der Waals surface area contributed by atoms with Crippen molar-refractivity contribution >= 4 is 29.0 Å². The molecule has 128 valence electrons. The highest BCUT2D eigenvalue weighted by Gasteiger charge is 2.30. The molecular formula is C18H22Cl2N4. The summed E-state index contributed by atoms with van der Waals surface area (Å²) in [6.07, 6.45) is 3.40. The molecule has 0 spiro atoms. The minimum atomic E-state index is 0.542. The molecule has 1 N–H and O–H groups in total. The predicted molar refractivity (Wildman–Crippen MR) is 99.9 cm³/mol. The summed E-state index contributed by atoms with van der Waals surface area (Å²) in [7, 11) is 0. The van der Waals surface area contributed by atoms with Crippen LogP contribution >= 0.6 is 23.2 Å². The fourth-order valence-electron chi connectivity index (χ4n) is 3.88. The molecule has 4 rings (SSSR count). The summed E-state index contributed by atoms with van der Waals surface area (Å²) < 4.78 is 1.96. The Morgan fingerprint density at radius 2 is 2.04 bits per heavy atom. The standard InChI is InChI=1S/C18H22Cl2N4/c1-2-23-10-7-12(8-11-23)17-13-6-9-21-18(13)24(22-17)15-5-3-4-14(19)16(15)20/h3-5,12,21H,2,6-11H2,1H3. The van der Waals surface area contributed by atoms with E-state index in [1.54, 1.807) is 0 Å². The van der Waals surface area contributed by atoms with Gasteiger partial charge in [0, 0.05) is 18.0 Å². The number of nitrogens with one attached hydrogen (secondary N) is 1. The number of nitrogens with zero attached hydrogens (tertiary/aromatic N) is 3. The summed E-state index contributed by atoms with van der Waals surface area (Å²) in [5.74, 6) is 1.63. The molecule has 6 heteroatoms. The van der Waals surface area contributed by atoms with Gasteiger partial charge in [0.2, 0.25) is 0 Å². The number of rotatable bonds is 3. The summed E-state index contributed by atoms with van der Waals surface area (Å²) in [5.41, 5.74) is 3.47. The second-order valence-corrected chi connectivity index (χ2v) is 7.37. The number of anilines is 1. The lowest BCUT2D eigenvalue weighted by Crippen LogP contribution is -2.33. The molecule has 0 unspecified atom stereocenters. The first-order valence-corrected chi connectivity index (χ1v) is 9.47. The smallest absolute Gasteiger partial charge is 0.133 e. The second kappa shape index (κ2) is 6.58. The minimum Gasteiger partial charge on any atom is -0.369 e. The Kier molecular flexibility index (Phi) is 4.46. The predicted octanol–water partition coefficient (Wildman–Crippen LogP) is 4.35. The number of likely N-dealkylation sites (tertiary alicyclic amines) is 1. The molecule has 3 heterocycles. The molecule has 2 aliphatic heterocycles. The third-order valence-corrected chi connectivity index (χ3v) is 6.07. The van der Waals surface area contributed by atoms with Crippen LogP contribution in [0, 0.1) is 0 Å². The third-order valence-electron chi connectivity index (χ3n) is 5.26. The van der Waals surface area contributed by atoms with Crippen molar-refractivity contribution in [2.45, 2.75) is 32.1 Å². The van der Waals surface area contributed by atoms with Gasteiger partial charge in [0.15, 0.2) is 0 Å². The summed E-state index contributed by atoms with van der Waals surface area (Å²) in [4.78, 5) is 2.51. The zero-order valence-electron chi connectivity index (χ0n) is 13.9. The molecule has 1 aromatic carbocycles. The van der Waals surface area contributed by atoms with Crippen LogP contribution in [0.5, 0.6) is 0 Å². The van der Waals surface area contributed by atoms with Crippen LogP contribution in [0.1, 0.15) is 36.9 Å². The molecule has 2 aliphatic rings. The van der Waals surface area contributed by atoms with Gasteiger partial charge in [-0.3, -0.25) is 0 Å². The maximum Gasteiger partial charge on any atom is 0.133 e. The van der Waals surface area contributed by atoms with Crippen molar-refractivity contribution in [3.8, 4) is 5.69 Å². The minimum absolute atomic E-state index is 0.542. The van der Waals surface area contributed by atoms with E-state index in [1.807, 2.05) is 22.9 Å².